The van der Waals surface area contributed by atoms with Gasteiger partial charge in [0, 0.05) is 26.2 Å². The number of hydrogen-bond donors (Lipinski definition) is 2. The normalized spacial score (nSPS) is 18.9. The van der Waals surface area contributed by atoms with Gasteiger partial charge in [-0.1, -0.05) is 6.92 Å². The van der Waals surface area contributed by atoms with E-state index in [-0.39, 0.29) is 6.61 Å². The zero-order valence-corrected chi connectivity index (χ0v) is 12.3. The molecule has 2 heterocycles. The molecule has 2 rings (SSSR count). The summed E-state index contributed by atoms with van der Waals surface area (Å²) in [5, 5.41) is 12.6. The van der Waals surface area contributed by atoms with Crippen molar-refractivity contribution in [3.8, 4) is 5.75 Å². The number of ether oxygens (including phenoxy) is 1. The molecule has 1 aromatic heterocycles. The van der Waals surface area contributed by atoms with Crippen molar-refractivity contribution in [3.63, 3.8) is 0 Å². The van der Waals surface area contributed by atoms with E-state index in [1.807, 2.05) is 0 Å². The molecule has 0 amide bonds. The lowest BCUT2D eigenvalue weighted by molar-refractivity contribution is 0.208. The minimum Gasteiger partial charge on any atom is -0.490 e. The van der Waals surface area contributed by atoms with Gasteiger partial charge in [-0.2, -0.15) is 0 Å². The third-order valence-electron chi connectivity index (χ3n) is 3.61. The maximum absolute atomic E-state index is 9.35. The number of methoxy groups -OCH3 is 1. The highest BCUT2D eigenvalue weighted by atomic mass is 16.5. The molecule has 1 saturated heterocycles. The standard InChI is InChI=1S/C14H24N4O2/c1-3-6-15-13-12(20-2)14(17-10-16-13)18-7-4-5-11(8-18)9-19/h10-11,19H,3-9H2,1-2H3,(H,15,16,17). The predicted octanol–water partition coefficient (Wildman–Crippen LogP) is 1.52. The molecule has 0 bridgehead atoms. The van der Waals surface area contributed by atoms with E-state index in [1.54, 1.807) is 13.4 Å². The fourth-order valence-corrected chi connectivity index (χ4v) is 2.55. The third-order valence-corrected chi connectivity index (χ3v) is 3.61. The van der Waals surface area contributed by atoms with Crippen LogP contribution in [-0.4, -0.2) is 48.4 Å². The number of aliphatic hydroxyl groups is 1. The summed E-state index contributed by atoms with van der Waals surface area (Å²) in [5.41, 5.74) is 0. The first-order valence-electron chi connectivity index (χ1n) is 7.28. The minimum atomic E-state index is 0.227. The number of piperidine rings is 1. The monoisotopic (exact) mass is 280 g/mol. The molecule has 0 spiro atoms. The second kappa shape index (κ2) is 7.28. The molecule has 1 unspecified atom stereocenters. The van der Waals surface area contributed by atoms with Crippen LogP contribution < -0.4 is 15.0 Å². The van der Waals surface area contributed by atoms with Crippen molar-refractivity contribution in [1.82, 2.24) is 9.97 Å². The Kier molecular flexibility index (Phi) is 5.40. The lowest BCUT2D eigenvalue weighted by Gasteiger charge is -2.33. The van der Waals surface area contributed by atoms with Gasteiger partial charge < -0.3 is 20.1 Å². The van der Waals surface area contributed by atoms with Crippen LogP contribution in [0.25, 0.3) is 0 Å². The van der Waals surface area contributed by atoms with Crippen LogP contribution in [0.5, 0.6) is 5.75 Å². The number of aromatic nitrogens is 2. The fraction of sp³-hybridized carbons (Fsp3) is 0.714. The van der Waals surface area contributed by atoms with E-state index in [0.717, 1.165) is 50.5 Å². The van der Waals surface area contributed by atoms with Gasteiger partial charge in [-0.25, -0.2) is 9.97 Å². The van der Waals surface area contributed by atoms with E-state index in [4.69, 9.17) is 4.74 Å². The van der Waals surface area contributed by atoms with E-state index in [2.05, 4.69) is 27.1 Å². The first-order chi connectivity index (χ1) is 9.80. The van der Waals surface area contributed by atoms with Crippen LogP contribution in [0.1, 0.15) is 26.2 Å². The van der Waals surface area contributed by atoms with Crippen molar-refractivity contribution in [3.05, 3.63) is 6.33 Å². The third kappa shape index (κ3) is 3.30. The summed E-state index contributed by atoms with van der Waals surface area (Å²) in [6, 6.07) is 0. The summed E-state index contributed by atoms with van der Waals surface area (Å²) in [4.78, 5) is 10.8. The van der Waals surface area contributed by atoms with Crippen molar-refractivity contribution >= 4 is 11.6 Å². The van der Waals surface area contributed by atoms with Gasteiger partial charge >= 0.3 is 0 Å². The van der Waals surface area contributed by atoms with Gasteiger partial charge in [-0.3, -0.25) is 0 Å². The van der Waals surface area contributed by atoms with Crippen LogP contribution in [0.2, 0.25) is 0 Å². The van der Waals surface area contributed by atoms with Crippen molar-refractivity contribution in [2.45, 2.75) is 26.2 Å². The maximum Gasteiger partial charge on any atom is 0.204 e. The van der Waals surface area contributed by atoms with E-state index < -0.39 is 0 Å². The average molecular weight is 280 g/mol. The zero-order valence-electron chi connectivity index (χ0n) is 12.3. The summed E-state index contributed by atoms with van der Waals surface area (Å²) >= 11 is 0. The molecule has 6 heteroatoms. The zero-order chi connectivity index (χ0) is 14.4. The number of nitrogens with zero attached hydrogens (tertiary/aromatic N) is 3. The molecule has 1 aromatic rings. The Morgan fingerprint density at radius 3 is 3.05 bits per heavy atom. The smallest absolute Gasteiger partial charge is 0.204 e. The molecule has 1 aliphatic heterocycles. The van der Waals surface area contributed by atoms with Gasteiger partial charge in [-0.15, -0.1) is 0 Å². The lowest BCUT2D eigenvalue weighted by Crippen LogP contribution is -2.37. The summed E-state index contributed by atoms with van der Waals surface area (Å²) in [6.45, 7) is 4.95. The van der Waals surface area contributed by atoms with E-state index >= 15 is 0 Å². The van der Waals surface area contributed by atoms with Crippen LogP contribution in [0.15, 0.2) is 6.33 Å². The highest BCUT2D eigenvalue weighted by Gasteiger charge is 2.24. The molecule has 1 atom stereocenters. The van der Waals surface area contributed by atoms with Crippen molar-refractivity contribution < 1.29 is 9.84 Å². The van der Waals surface area contributed by atoms with Crippen molar-refractivity contribution in [2.75, 3.05) is 43.6 Å². The molecular formula is C14H24N4O2. The van der Waals surface area contributed by atoms with Gasteiger partial charge in [0.2, 0.25) is 5.75 Å². The molecule has 0 aliphatic carbocycles. The van der Waals surface area contributed by atoms with Crippen molar-refractivity contribution in [1.29, 1.82) is 0 Å². The Morgan fingerprint density at radius 1 is 1.50 bits per heavy atom. The van der Waals surface area contributed by atoms with Crippen LogP contribution in [0.4, 0.5) is 11.6 Å². The van der Waals surface area contributed by atoms with Crippen LogP contribution >= 0.6 is 0 Å². The Labute approximate surface area is 120 Å². The second-order valence-electron chi connectivity index (χ2n) is 5.14. The fourth-order valence-electron chi connectivity index (χ4n) is 2.55. The first-order valence-corrected chi connectivity index (χ1v) is 7.28. The van der Waals surface area contributed by atoms with Crippen LogP contribution in [0.3, 0.4) is 0 Å². The number of nitrogens with one attached hydrogen (secondary N) is 1. The predicted molar refractivity (Wildman–Crippen MR) is 79.4 cm³/mol. The molecule has 0 saturated carbocycles. The summed E-state index contributed by atoms with van der Waals surface area (Å²) in [6.07, 6.45) is 4.73. The molecule has 1 fully saturated rings. The van der Waals surface area contributed by atoms with Gasteiger partial charge in [-0.05, 0) is 25.2 Å². The molecule has 0 radical (unpaired) electrons. The molecule has 6 nitrogen and oxygen atoms in total. The largest absolute Gasteiger partial charge is 0.490 e. The summed E-state index contributed by atoms with van der Waals surface area (Å²) in [7, 11) is 1.65. The van der Waals surface area contributed by atoms with Gasteiger partial charge in [0.1, 0.15) is 6.33 Å². The number of anilines is 2. The molecular weight excluding hydrogens is 256 g/mol. The highest BCUT2D eigenvalue weighted by molar-refractivity contribution is 5.64. The van der Waals surface area contributed by atoms with Crippen molar-refractivity contribution in [2.24, 2.45) is 5.92 Å². The Bertz CT molecular complexity index is 428. The van der Waals surface area contributed by atoms with Crippen LogP contribution in [0, 0.1) is 5.92 Å². The quantitative estimate of drug-likeness (QED) is 0.823. The molecule has 20 heavy (non-hydrogen) atoms. The Hall–Kier alpha value is -1.56. The Morgan fingerprint density at radius 2 is 2.35 bits per heavy atom. The number of hydrogen-bond acceptors (Lipinski definition) is 6. The maximum atomic E-state index is 9.35. The van der Waals surface area contributed by atoms with E-state index in [9.17, 15) is 5.11 Å². The van der Waals surface area contributed by atoms with E-state index in [0.29, 0.717) is 11.7 Å². The number of aliphatic hydroxyl groups excluding tert-OH is 1. The minimum absolute atomic E-state index is 0.227. The highest BCUT2D eigenvalue weighted by Crippen LogP contribution is 2.34. The molecule has 2 N–H and O–H groups in total. The second-order valence-corrected chi connectivity index (χ2v) is 5.14. The summed E-state index contributed by atoms with van der Waals surface area (Å²) in [5.74, 6) is 2.57. The van der Waals surface area contributed by atoms with Crippen LogP contribution in [-0.2, 0) is 0 Å². The average Bonchev–Trinajstić information content (AvgIpc) is 2.52. The number of rotatable bonds is 6. The van der Waals surface area contributed by atoms with Gasteiger partial charge in [0.25, 0.3) is 0 Å². The first kappa shape index (κ1) is 14.8. The molecule has 112 valence electrons. The van der Waals surface area contributed by atoms with E-state index in [1.165, 1.54) is 0 Å². The molecule has 1 aliphatic rings. The molecule has 0 aromatic carbocycles. The summed E-state index contributed by atoms with van der Waals surface area (Å²) < 4.78 is 5.50. The topological polar surface area (TPSA) is 70.5 Å². The van der Waals surface area contributed by atoms with Gasteiger partial charge in [0.05, 0.1) is 7.11 Å². The van der Waals surface area contributed by atoms with Gasteiger partial charge in [0.15, 0.2) is 11.6 Å². The SMILES string of the molecule is CCCNc1ncnc(N2CCCC(CO)C2)c1OC. The lowest BCUT2D eigenvalue weighted by atomic mass is 9.99. The Balaban J connectivity index is 2.21.